The normalized spacial score (nSPS) is 24.0. The van der Waals surface area contributed by atoms with E-state index in [9.17, 15) is 0 Å². The molecule has 1 aliphatic rings. The summed E-state index contributed by atoms with van der Waals surface area (Å²) in [6.07, 6.45) is 9.22. The Balaban J connectivity index is 2.44. The van der Waals surface area contributed by atoms with E-state index >= 15 is 0 Å². The summed E-state index contributed by atoms with van der Waals surface area (Å²) in [4.78, 5) is 0. The Hall–Kier alpha value is -0.0400. The molecule has 1 atom stereocenters. The Kier molecular flexibility index (Phi) is 3.38. The summed E-state index contributed by atoms with van der Waals surface area (Å²) in [5.74, 6) is 1.57. The summed E-state index contributed by atoms with van der Waals surface area (Å²) in [7, 11) is 0. The van der Waals surface area contributed by atoms with Gasteiger partial charge in [0.05, 0.1) is 0 Å². The van der Waals surface area contributed by atoms with Crippen LogP contribution < -0.4 is 0 Å². The van der Waals surface area contributed by atoms with Crippen LogP contribution in [0.4, 0.5) is 0 Å². The first-order chi connectivity index (χ1) is 5.18. The van der Waals surface area contributed by atoms with Crippen LogP contribution in [0, 0.1) is 11.8 Å². The van der Waals surface area contributed by atoms with Crippen LogP contribution in [0.5, 0.6) is 0 Å². The zero-order valence-electron chi connectivity index (χ0n) is 7.18. The lowest BCUT2D eigenvalue weighted by atomic mass is 9.92. The first-order valence-corrected chi connectivity index (χ1v) is 5.01. The zero-order valence-corrected chi connectivity index (χ0v) is 8.76. The van der Waals surface area contributed by atoms with Crippen molar-refractivity contribution >= 4 is 15.9 Å². The van der Waals surface area contributed by atoms with Gasteiger partial charge in [-0.2, -0.15) is 0 Å². The molecule has 1 unspecified atom stereocenters. The van der Waals surface area contributed by atoms with Crippen LogP contribution in [0.15, 0.2) is 22.7 Å². The summed E-state index contributed by atoms with van der Waals surface area (Å²) >= 11 is 3.49. The summed E-state index contributed by atoms with van der Waals surface area (Å²) in [5.41, 5.74) is 0. The zero-order chi connectivity index (χ0) is 8.27. The minimum atomic E-state index is 0.759. The van der Waals surface area contributed by atoms with Crippen molar-refractivity contribution < 1.29 is 0 Å². The molecule has 0 fully saturated rings. The second kappa shape index (κ2) is 4.10. The van der Waals surface area contributed by atoms with E-state index in [1.54, 1.807) is 0 Å². The molecule has 62 valence electrons. The first-order valence-electron chi connectivity index (χ1n) is 4.22. The highest BCUT2D eigenvalue weighted by Crippen LogP contribution is 2.25. The molecule has 1 aliphatic carbocycles. The van der Waals surface area contributed by atoms with Crippen molar-refractivity contribution in [3.05, 3.63) is 22.7 Å². The molecular weight excluding hydrogens is 200 g/mol. The van der Waals surface area contributed by atoms with Crippen LogP contribution >= 0.6 is 15.9 Å². The molecule has 0 aliphatic heterocycles. The number of allylic oxidation sites excluding steroid dienone is 4. The van der Waals surface area contributed by atoms with Crippen molar-refractivity contribution in [2.24, 2.45) is 11.8 Å². The van der Waals surface area contributed by atoms with E-state index in [0.717, 1.165) is 11.8 Å². The van der Waals surface area contributed by atoms with Crippen molar-refractivity contribution in [1.29, 1.82) is 0 Å². The predicted octanol–water partition coefficient (Wildman–Crippen LogP) is 3.89. The van der Waals surface area contributed by atoms with Crippen LogP contribution in [0.25, 0.3) is 0 Å². The minimum absolute atomic E-state index is 0.759. The highest BCUT2D eigenvalue weighted by Gasteiger charge is 2.09. The van der Waals surface area contributed by atoms with Crippen LogP contribution in [-0.2, 0) is 0 Å². The predicted molar refractivity (Wildman–Crippen MR) is 53.7 cm³/mol. The standard InChI is InChI=1S/C10H15Br/c1-8(2)6-9-4-3-5-10(11)7-9/h3,5,7-9H,4,6H2,1-2H3. The molecule has 1 rings (SSSR count). The van der Waals surface area contributed by atoms with Gasteiger partial charge >= 0.3 is 0 Å². The van der Waals surface area contributed by atoms with E-state index in [-0.39, 0.29) is 0 Å². The Morgan fingerprint density at radius 3 is 2.91 bits per heavy atom. The van der Waals surface area contributed by atoms with Crippen molar-refractivity contribution in [3.63, 3.8) is 0 Å². The second-order valence-corrected chi connectivity index (χ2v) is 4.49. The van der Waals surface area contributed by atoms with Gasteiger partial charge < -0.3 is 0 Å². The topological polar surface area (TPSA) is 0 Å². The highest BCUT2D eigenvalue weighted by atomic mass is 79.9. The number of rotatable bonds is 2. The van der Waals surface area contributed by atoms with Gasteiger partial charge in [-0.15, -0.1) is 0 Å². The Morgan fingerprint density at radius 1 is 1.64 bits per heavy atom. The van der Waals surface area contributed by atoms with E-state index in [0.29, 0.717) is 0 Å². The average Bonchev–Trinajstić information content (AvgIpc) is 1.85. The second-order valence-electron chi connectivity index (χ2n) is 3.58. The smallest absolute Gasteiger partial charge is 0.0135 e. The van der Waals surface area contributed by atoms with Crippen molar-refractivity contribution in [2.75, 3.05) is 0 Å². The summed E-state index contributed by atoms with van der Waals surface area (Å²) < 4.78 is 1.24. The molecule has 0 aromatic heterocycles. The van der Waals surface area contributed by atoms with Gasteiger partial charge in [0.2, 0.25) is 0 Å². The molecular formula is C10H15Br. The van der Waals surface area contributed by atoms with Crippen LogP contribution in [0.1, 0.15) is 26.7 Å². The third-order valence-electron chi connectivity index (χ3n) is 1.88. The molecule has 0 radical (unpaired) electrons. The molecule has 0 amide bonds. The monoisotopic (exact) mass is 214 g/mol. The molecule has 0 aromatic rings. The fraction of sp³-hybridized carbons (Fsp3) is 0.600. The highest BCUT2D eigenvalue weighted by molar-refractivity contribution is 9.11. The molecule has 0 heterocycles. The number of halogens is 1. The minimum Gasteiger partial charge on any atom is -0.0828 e. The maximum Gasteiger partial charge on any atom is 0.0135 e. The molecule has 0 saturated heterocycles. The van der Waals surface area contributed by atoms with Gasteiger partial charge in [0.15, 0.2) is 0 Å². The lowest BCUT2D eigenvalue weighted by molar-refractivity contribution is 0.476. The van der Waals surface area contributed by atoms with Crippen molar-refractivity contribution in [1.82, 2.24) is 0 Å². The number of hydrogen-bond donors (Lipinski definition) is 0. The molecule has 0 N–H and O–H groups in total. The summed E-state index contributed by atoms with van der Waals surface area (Å²) in [5, 5.41) is 0. The van der Waals surface area contributed by atoms with Gasteiger partial charge in [0.25, 0.3) is 0 Å². The van der Waals surface area contributed by atoms with E-state index in [4.69, 9.17) is 0 Å². The van der Waals surface area contributed by atoms with Crippen molar-refractivity contribution in [3.8, 4) is 0 Å². The largest absolute Gasteiger partial charge is 0.0828 e. The average molecular weight is 215 g/mol. The lowest BCUT2D eigenvalue weighted by Crippen LogP contribution is -2.02. The Labute approximate surface area is 77.5 Å². The van der Waals surface area contributed by atoms with Gasteiger partial charge in [-0.05, 0) is 24.7 Å². The van der Waals surface area contributed by atoms with Gasteiger partial charge in [-0.1, -0.05) is 48.0 Å². The fourth-order valence-corrected chi connectivity index (χ4v) is 2.03. The van der Waals surface area contributed by atoms with E-state index < -0.39 is 0 Å². The Bertz CT molecular complexity index is 177. The third-order valence-corrected chi connectivity index (χ3v) is 2.41. The molecule has 0 nitrogen and oxygen atoms in total. The van der Waals surface area contributed by atoms with Gasteiger partial charge in [-0.3, -0.25) is 0 Å². The van der Waals surface area contributed by atoms with E-state index in [2.05, 4.69) is 48.0 Å². The molecule has 0 saturated carbocycles. The van der Waals surface area contributed by atoms with E-state index in [1.165, 1.54) is 17.3 Å². The maximum atomic E-state index is 3.49. The van der Waals surface area contributed by atoms with Crippen LogP contribution in [-0.4, -0.2) is 0 Å². The molecule has 1 heteroatoms. The van der Waals surface area contributed by atoms with Crippen LogP contribution in [0.2, 0.25) is 0 Å². The molecule has 0 spiro atoms. The lowest BCUT2D eigenvalue weighted by Gasteiger charge is -2.16. The number of hydrogen-bond acceptors (Lipinski definition) is 0. The summed E-state index contributed by atoms with van der Waals surface area (Å²) in [6, 6.07) is 0. The first kappa shape index (κ1) is 9.05. The SMILES string of the molecule is CC(C)CC1C=C(Br)C=CC1. The van der Waals surface area contributed by atoms with Gasteiger partial charge in [-0.25, -0.2) is 0 Å². The Morgan fingerprint density at radius 2 is 2.36 bits per heavy atom. The van der Waals surface area contributed by atoms with Crippen molar-refractivity contribution in [2.45, 2.75) is 26.7 Å². The molecule has 11 heavy (non-hydrogen) atoms. The van der Waals surface area contributed by atoms with E-state index in [1.807, 2.05) is 0 Å². The third kappa shape index (κ3) is 3.24. The van der Waals surface area contributed by atoms with Gasteiger partial charge in [0, 0.05) is 4.48 Å². The molecule has 0 aromatic carbocycles. The summed E-state index contributed by atoms with van der Waals surface area (Å²) in [6.45, 7) is 4.56. The maximum absolute atomic E-state index is 3.49. The van der Waals surface area contributed by atoms with Crippen LogP contribution in [0.3, 0.4) is 0 Å². The molecule has 0 bridgehead atoms. The van der Waals surface area contributed by atoms with Gasteiger partial charge in [0.1, 0.15) is 0 Å². The fourth-order valence-electron chi connectivity index (χ4n) is 1.47. The quantitative estimate of drug-likeness (QED) is 0.655.